The first-order valence-electron chi connectivity index (χ1n) is 7.20. The van der Waals surface area contributed by atoms with Crippen molar-refractivity contribution in [1.29, 1.82) is 0 Å². The fourth-order valence-electron chi connectivity index (χ4n) is 1.88. The molecule has 0 aliphatic carbocycles. The first-order valence-corrected chi connectivity index (χ1v) is 7.20. The van der Waals surface area contributed by atoms with E-state index in [1.807, 2.05) is 13.8 Å². The Labute approximate surface area is 137 Å². The van der Waals surface area contributed by atoms with Crippen molar-refractivity contribution >= 4 is 23.2 Å². The molecule has 0 fully saturated rings. The fourth-order valence-corrected chi connectivity index (χ4v) is 1.88. The number of nitrogens with one attached hydrogen (secondary N) is 2. The molecule has 0 atom stereocenters. The van der Waals surface area contributed by atoms with Crippen LogP contribution in [0.15, 0.2) is 42.5 Å². The van der Waals surface area contributed by atoms with Gasteiger partial charge in [0.15, 0.2) is 0 Å². The summed E-state index contributed by atoms with van der Waals surface area (Å²) in [6, 6.07) is 9.23. The van der Waals surface area contributed by atoms with Crippen molar-refractivity contribution in [1.82, 2.24) is 0 Å². The molecule has 0 bridgehead atoms. The van der Waals surface area contributed by atoms with Crippen LogP contribution in [0.3, 0.4) is 0 Å². The SMILES string of the molecule is CC(C)Oc1ccccc1NC(=O)C(=O)Nc1ccc(F)cc1F. The maximum Gasteiger partial charge on any atom is 0.314 e. The van der Waals surface area contributed by atoms with Gasteiger partial charge in [-0.15, -0.1) is 0 Å². The highest BCUT2D eigenvalue weighted by molar-refractivity contribution is 6.43. The van der Waals surface area contributed by atoms with E-state index in [9.17, 15) is 18.4 Å². The third kappa shape index (κ3) is 4.52. The van der Waals surface area contributed by atoms with E-state index in [1.54, 1.807) is 24.3 Å². The molecule has 0 unspecified atom stereocenters. The summed E-state index contributed by atoms with van der Waals surface area (Å²) >= 11 is 0. The number of ether oxygens (including phenoxy) is 1. The molecule has 0 spiro atoms. The van der Waals surface area contributed by atoms with Crippen LogP contribution in [0.25, 0.3) is 0 Å². The molecular weight excluding hydrogens is 318 g/mol. The summed E-state index contributed by atoms with van der Waals surface area (Å²) in [7, 11) is 0. The summed E-state index contributed by atoms with van der Waals surface area (Å²) in [6.07, 6.45) is -0.120. The number of para-hydroxylation sites is 2. The smallest absolute Gasteiger partial charge is 0.314 e. The quantitative estimate of drug-likeness (QED) is 0.843. The van der Waals surface area contributed by atoms with E-state index in [4.69, 9.17) is 4.74 Å². The molecule has 2 aromatic carbocycles. The zero-order valence-corrected chi connectivity index (χ0v) is 13.1. The van der Waals surface area contributed by atoms with Crippen molar-refractivity contribution < 1.29 is 23.1 Å². The molecular formula is C17H16F2N2O3. The lowest BCUT2D eigenvalue weighted by atomic mass is 10.2. The highest BCUT2D eigenvalue weighted by Gasteiger charge is 2.18. The molecule has 0 aliphatic heterocycles. The van der Waals surface area contributed by atoms with Crippen molar-refractivity contribution in [3.8, 4) is 5.75 Å². The first-order chi connectivity index (χ1) is 11.4. The van der Waals surface area contributed by atoms with Gasteiger partial charge < -0.3 is 15.4 Å². The van der Waals surface area contributed by atoms with E-state index in [0.29, 0.717) is 17.5 Å². The largest absolute Gasteiger partial charge is 0.489 e. The van der Waals surface area contributed by atoms with Crippen LogP contribution < -0.4 is 15.4 Å². The molecule has 2 amide bonds. The topological polar surface area (TPSA) is 67.4 Å². The van der Waals surface area contributed by atoms with E-state index in [2.05, 4.69) is 10.6 Å². The Morgan fingerprint density at radius 3 is 2.21 bits per heavy atom. The third-order valence-electron chi connectivity index (χ3n) is 2.88. The van der Waals surface area contributed by atoms with Crippen molar-refractivity contribution in [3.63, 3.8) is 0 Å². The standard InChI is InChI=1S/C17H16F2N2O3/c1-10(2)24-15-6-4-3-5-14(15)21-17(23)16(22)20-13-8-7-11(18)9-12(13)19/h3-10H,1-2H3,(H,20,22)(H,21,23). The number of rotatable bonds is 4. The predicted molar refractivity (Wildman–Crippen MR) is 85.8 cm³/mol. The number of halogens is 2. The van der Waals surface area contributed by atoms with Gasteiger partial charge in [-0.25, -0.2) is 8.78 Å². The molecule has 0 heterocycles. The Balaban J connectivity index is 2.08. The third-order valence-corrected chi connectivity index (χ3v) is 2.88. The van der Waals surface area contributed by atoms with E-state index in [0.717, 1.165) is 12.1 Å². The second-order valence-corrected chi connectivity index (χ2v) is 5.20. The van der Waals surface area contributed by atoms with Gasteiger partial charge in [0.1, 0.15) is 17.4 Å². The highest BCUT2D eigenvalue weighted by Crippen LogP contribution is 2.25. The molecule has 24 heavy (non-hydrogen) atoms. The zero-order chi connectivity index (χ0) is 17.7. The number of carbonyl (C=O) groups is 2. The molecule has 0 aliphatic rings. The summed E-state index contributed by atoms with van der Waals surface area (Å²) in [5, 5.41) is 4.48. The van der Waals surface area contributed by atoms with Gasteiger partial charge >= 0.3 is 11.8 Å². The summed E-state index contributed by atoms with van der Waals surface area (Å²) in [5.41, 5.74) is 0.0224. The summed E-state index contributed by atoms with van der Waals surface area (Å²) in [4.78, 5) is 23.8. The maximum atomic E-state index is 13.5. The van der Waals surface area contributed by atoms with Gasteiger partial charge in [-0.05, 0) is 38.1 Å². The molecule has 2 rings (SSSR count). The van der Waals surface area contributed by atoms with Crippen LogP contribution in [0.4, 0.5) is 20.2 Å². The van der Waals surface area contributed by atoms with Gasteiger partial charge in [0.05, 0.1) is 17.5 Å². The van der Waals surface area contributed by atoms with Crippen molar-refractivity contribution in [2.24, 2.45) is 0 Å². The number of hydrogen-bond donors (Lipinski definition) is 2. The van der Waals surface area contributed by atoms with E-state index >= 15 is 0 Å². The van der Waals surface area contributed by atoms with Crippen LogP contribution in [-0.4, -0.2) is 17.9 Å². The Hall–Kier alpha value is -2.96. The lowest BCUT2D eigenvalue weighted by molar-refractivity contribution is -0.133. The molecule has 0 saturated carbocycles. The Kier molecular flexibility index (Phi) is 5.47. The zero-order valence-electron chi connectivity index (χ0n) is 13.1. The Morgan fingerprint density at radius 1 is 0.958 bits per heavy atom. The maximum absolute atomic E-state index is 13.5. The lowest BCUT2D eigenvalue weighted by Gasteiger charge is -2.14. The number of hydrogen-bond acceptors (Lipinski definition) is 3. The molecule has 126 valence electrons. The molecule has 2 N–H and O–H groups in total. The Morgan fingerprint density at radius 2 is 1.58 bits per heavy atom. The summed E-state index contributed by atoms with van der Waals surface area (Å²) in [5.74, 6) is -3.44. The molecule has 0 aromatic heterocycles. The second-order valence-electron chi connectivity index (χ2n) is 5.20. The molecule has 0 saturated heterocycles. The normalized spacial score (nSPS) is 10.4. The average Bonchev–Trinajstić information content (AvgIpc) is 2.51. The molecule has 2 aromatic rings. The highest BCUT2D eigenvalue weighted by atomic mass is 19.1. The number of anilines is 2. The number of amides is 2. The first kappa shape index (κ1) is 17.4. The van der Waals surface area contributed by atoms with E-state index < -0.39 is 23.4 Å². The van der Waals surface area contributed by atoms with E-state index in [1.165, 1.54) is 0 Å². The molecule has 0 radical (unpaired) electrons. The van der Waals surface area contributed by atoms with Crippen LogP contribution in [-0.2, 0) is 9.59 Å². The fraction of sp³-hybridized carbons (Fsp3) is 0.176. The van der Waals surface area contributed by atoms with Crippen LogP contribution >= 0.6 is 0 Å². The van der Waals surface area contributed by atoms with Gasteiger partial charge in [-0.2, -0.15) is 0 Å². The van der Waals surface area contributed by atoms with Gasteiger partial charge in [0.2, 0.25) is 0 Å². The van der Waals surface area contributed by atoms with Crippen molar-refractivity contribution in [3.05, 3.63) is 54.1 Å². The van der Waals surface area contributed by atoms with Gasteiger partial charge in [-0.3, -0.25) is 9.59 Å². The Bertz CT molecular complexity index is 763. The summed E-state index contributed by atoms with van der Waals surface area (Å²) in [6.45, 7) is 3.64. The summed E-state index contributed by atoms with van der Waals surface area (Å²) < 4.78 is 31.9. The molecule has 5 nitrogen and oxygen atoms in total. The van der Waals surface area contributed by atoms with Crippen molar-refractivity contribution in [2.45, 2.75) is 20.0 Å². The number of benzene rings is 2. The van der Waals surface area contributed by atoms with Crippen LogP contribution in [0, 0.1) is 11.6 Å². The van der Waals surface area contributed by atoms with E-state index in [-0.39, 0.29) is 11.8 Å². The van der Waals surface area contributed by atoms with Crippen molar-refractivity contribution in [2.75, 3.05) is 10.6 Å². The van der Waals surface area contributed by atoms with Crippen LogP contribution in [0.5, 0.6) is 5.75 Å². The minimum atomic E-state index is -1.08. The van der Waals surface area contributed by atoms with Gasteiger partial charge in [-0.1, -0.05) is 12.1 Å². The van der Waals surface area contributed by atoms with Crippen LogP contribution in [0.1, 0.15) is 13.8 Å². The minimum Gasteiger partial charge on any atom is -0.489 e. The van der Waals surface area contributed by atoms with Gasteiger partial charge in [0.25, 0.3) is 0 Å². The monoisotopic (exact) mass is 334 g/mol. The van der Waals surface area contributed by atoms with Crippen LogP contribution in [0.2, 0.25) is 0 Å². The minimum absolute atomic E-state index is 0.120. The predicted octanol–water partition coefficient (Wildman–Crippen LogP) is 3.33. The molecule has 7 heteroatoms. The lowest BCUT2D eigenvalue weighted by Crippen LogP contribution is -2.29. The average molecular weight is 334 g/mol. The second kappa shape index (κ2) is 7.54. The number of carbonyl (C=O) groups excluding carboxylic acids is 2. The van der Waals surface area contributed by atoms with Gasteiger partial charge in [0, 0.05) is 6.07 Å².